The maximum atomic E-state index is 11.6. The van der Waals surface area contributed by atoms with Crippen molar-refractivity contribution in [2.24, 2.45) is 11.8 Å². The molecule has 1 unspecified atom stereocenters. The average Bonchev–Trinajstić information content (AvgIpc) is 2.35. The summed E-state index contributed by atoms with van der Waals surface area (Å²) in [4.78, 5) is 13.4. The Morgan fingerprint density at radius 2 is 2.00 bits per heavy atom. The highest BCUT2D eigenvalue weighted by atomic mass is 16.5. The molecule has 0 spiro atoms. The van der Waals surface area contributed by atoms with E-state index >= 15 is 0 Å². The maximum absolute atomic E-state index is 11.6. The number of esters is 1. The number of nitrogens with one attached hydrogen (secondary N) is 1. The fraction of sp³-hybridized carbons (Fsp3) is 0.933. The van der Waals surface area contributed by atoms with E-state index in [0.29, 0.717) is 24.9 Å². The Kier molecular flexibility index (Phi) is 5.04. The summed E-state index contributed by atoms with van der Waals surface area (Å²) in [6, 6.07) is 0.763. The Balaban J connectivity index is 1.79. The molecule has 2 saturated heterocycles. The van der Waals surface area contributed by atoms with E-state index < -0.39 is 0 Å². The number of hydrogen-bond acceptors (Lipinski definition) is 2. The molecule has 3 nitrogen and oxygen atoms in total. The van der Waals surface area contributed by atoms with Crippen molar-refractivity contribution in [1.29, 1.82) is 0 Å². The number of carbonyl (C=O) groups excluding carboxylic acids is 1. The van der Waals surface area contributed by atoms with E-state index in [0.717, 1.165) is 6.04 Å². The Labute approximate surface area is 111 Å². The summed E-state index contributed by atoms with van der Waals surface area (Å²) in [5.41, 5.74) is 0. The summed E-state index contributed by atoms with van der Waals surface area (Å²) in [5.74, 6) is 1.01. The molecule has 0 aromatic heterocycles. The van der Waals surface area contributed by atoms with Crippen LogP contribution in [0.1, 0.15) is 52.4 Å². The molecule has 0 aromatic carbocycles. The zero-order chi connectivity index (χ0) is 13.0. The van der Waals surface area contributed by atoms with Crippen LogP contribution >= 0.6 is 0 Å². The molecular formula is C15H28NO2+. The van der Waals surface area contributed by atoms with E-state index in [1.807, 2.05) is 0 Å². The highest BCUT2D eigenvalue weighted by Gasteiger charge is 2.37. The summed E-state index contributed by atoms with van der Waals surface area (Å²) < 4.78 is 5.49. The summed E-state index contributed by atoms with van der Waals surface area (Å²) in [6.45, 7) is 7.46. The van der Waals surface area contributed by atoms with Crippen LogP contribution in [0.5, 0.6) is 0 Å². The number of ether oxygens (including phenoxy) is 1. The van der Waals surface area contributed by atoms with Crippen LogP contribution in [0.15, 0.2) is 0 Å². The quantitative estimate of drug-likeness (QED) is 0.769. The molecule has 0 aromatic rings. The van der Waals surface area contributed by atoms with Gasteiger partial charge in [0.05, 0.1) is 25.7 Å². The third-order valence-corrected chi connectivity index (χ3v) is 4.46. The van der Waals surface area contributed by atoms with Crippen molar-refractivity contribution in [2.45, 2.75) is 58.4 Å². The van der Waals surface area contributed by atoms with E-state index in [9.17, 15) is 4.79 Å². The molecule has 0 bridgehead atoms. The van der Waals surface area contributed by atoms with Crippen molar-refractivity contribution >= 4 is 5.97 Å². The van der Waals surface area contributed by atoms with Crippen LogP contribution in [0, 0.1) is 11.8 Å². The van der Waals surface area contributed by atoms with Crippen molar-refractivity contribution in [3.8, 4) is 0 Å². The lowest BCUT2D eigenvalue weighted by Gasteiger charge is -2.41. The number of carbonyl (C=O) groups is 1. The van der Waals surface area contributed by atoms with Crippen molar-refractivity contribution < 1.29 is 14.4 Å². The largest absolute Gasteiger partial charge is 0.465 e. The van der Waals surface area contributed by atoms with Crippen LogP contribution in [-0.4, -0.2) is 31.7 Å². The minimum absolute atomic E-state index is 0.00654. The van der Waals surface area contributed by atoms with Gasteiger partial charge in [-0.1, -0.05) is 13.8 Å². The molecule has 0 radical (unpaired) electrons. The second-order valence-electron chi connectivity index (χ2n) is 6.44. The molecule has 2 aliphatic heterocycles. The Morgan fingerprint density at radius 1 is 1.22 bits per heavy atom. The van der Waals surface area contributed by atoms with Gasteiger partial charge in [-0.3, -0.25) is 4.79 Å². The third kappa shape index (κ3) is 3.71. The highest BCUT2D eigenvalue weighted by molar-refractivity contribution is 5.69. The second kappa shape index (κ2) is 6.55. The lowest BCUT2D eigenvalue weighted by molar-refractivity contribution is -0.940. The summed E-state index contributed by atoms with van der Waals surface area (Å²) in [7, 11) is 0. The summed E-state index contributed by atoms with van der Waals surface area (Å²) >= 11 is 0. The van der Waals surface area contributed by atoms with Gasteiger partial charge in [-0.15, -0.1) is 0 Å². The maximum Gasteiger partial charge on any atom is 0.306 e. The van der Waals surface area contributed by atoms with Crippen LogP contribution < -0.4 is 4.90 Å². The topological polar surface area (TPSA) is 30.7 Å². The molecule has 2 rings (SSSR count). The molecule has 0 aliphatic carbocycles. The standard InChI is InChI=1S/C15H27NO2/c1-12(2)10-15(17)18-11-13-6-5-9-16-8-4-3-7-14(13)16/h12-14H,3-11H2,1-2H3/p+1/t13-,14-/m1/s1. The van der Waals surface area contributed by atoms with Gasteiger partial charge in [-0.25, -0.2) is 0 Å². The van der Waals surface area contributed by atoms with E-state index in [-0.39, 0.29) is 5.97 Å². The van der Waals surface area contributed by atoms with Crippen LogP contribution in [0.4, 0.5) is 0 Å². The van der Waals surface area contributed by atoms with Crippen molar-refractivity contribution in [3.05, 3.63) is 0 Å². The van der Waals surface area contributed by atoms with E-state index in [1.54, 1.807) is 4.90 Å². The molecule has 3 atom stereocenters. The van der Waals surface area contributed by atoms with Gasteiger partial charge in [0.15, 0.2) is 0 Å². The Hall–Kier alpha value is -0.570. The molecule has 18 heavy (non-hydrogen) atoms. The lowest BCUT2D eigenvalue weighted by Crippen LogP contribution is -3.18. The molecule has 2 fully saturated rings. The van der Waals surface area contributed by atoms with Crippen molar-refractivity contribution in [3.63, 3.8) is 0 Å². The first kappa shape index (κ1) is 13.9. The summed E-state index contributed by atoms with van der Waals surface area (Å²) in [5, 5.41) is 0. The number of rotatable bonds is 4. The number of quaternary nitrogens is 1. The highest BCUT2D eigenvalue weighted by Crippen LogP contribution is 2.21. The normalized spacial score (nSPS) is 32.1. The van der Waals surface area contributed by atoms with Crippen molar-refractivity contribution in [2.75, 3.05) is 19.7 Å². The van der Waals surface area contributed by atoms with Gasteiger partial charge in [0, 0.05) is 12.3 Å². The van der Waals surface area contributed by atoms with Gasteiger partial charge in [0.2, 0.25) is 0 Å². The first-order valence-corrected chi connectivity index (χ1v) is 7.67. The molecule has 3 heteroatoms. The van der Waals surface area contributed by atoms with Gasteiger partial charge in [-0.05, 0) is 38.0 Å². The molecule has 1 N–H and O–H groups in total. The lowest BCUT2D eigenvalue weighted by atomic mass is 9.84. The molecular weight excluding hydrogens is 226 g/mol. The zero-order valence-electron chi connectivity index (χ0n) is 11.9. The third-order valence-electron chi connectivity index (χ3n) is 4.46. The monoisotopic (exact) mass is 254 g/mol. The van der Waals surface area contributed by atoms with Crippen LogP contribution in [0.3, 0.4) is 0 Å². The van der Waals surface area contributed by atoms with Gasteiger partial charge in [0.25, 0.3) is 0 Å². The second-order valence-corrected chi connectivity index (χ2v) is 6.44. The number of hydrogen-bond donors (Lipinski definition) is 1. The number of fused-ring (bicyclic) bond motifs is 1. The van der Waals surface area contributed by atoms with Crippen LogP contribution in [-0.2, 0) is 9.53 Å². The van der Waals surface area contributed by atoms with E-state index in [1.165, 1.54) is 45.2 Å². The minimum atomic E-state index is -0.00654. The van der Waals surface area contributed by atoms with Gasteiger partial charge >= 0.3 is 5.97 Å². The SMILES string of the molecule is CC(C)CC(=O)OC[C@H]1CCC[NH+]2CCCC[C@H]12. The average molecular weight is 254 g/mol. The predicted molar refractivity (Wildman–Crippen MR) is 71.5 cm³/mol. The molecule has 2 aliphatic rings. The minimum Gasteiger partial charge on any atom is -0.465 e. The Bertz CT molecular complexity index is 276. The first-order valence-electron chi connectivity index (χ1n) is 7.67. The van der Waals surface area contributed by atoms with Gasteiger partial charge in [0.1, 0.15) is 0 Å². The van der Waals surface area contributed by atoms with E-state index in [4.69, 9.17) is 4.74 Å². The first-order chi connectivity index (χ1) is 8.66. The van der Waals surface area contributed by atoms with E-state index in [2.05, 4.69) is 13.8 Å². The molecule has 0 amide bonds. The van der Waals surface area contributed by atoms with Gasteiger partial charge < -0.3 is 9.64 Å². The molecule has 0 saturated carbocycles. The fourth-order valence-electron chi connectivity index (χ4n) is 3.57. The predicted octanol–water partition coefficient (Wildman–Crippen LogP) is 1.42. The zero-order valence-corrected chi connectivity index (χ0v) is 11.9. The van der Waals surface area contributed by atoms with Gasteiger partial charge in [-0.2, -0.15) is 0 Å². The van der Waals surface area contributed by atoms with Crippen LogP contribution in [0.2, 0.25) is 0 Å². The van der Waals surface area contributed by atoms with Crippen molar-refractivity contribution in [1.82, 2.24) is 0 Å². The smallest absolute Gasteiger partial charge is 0.306 e. The number of piperidine rings is 2. The fourth-order valence-corrected chi connectivity index (χ4v) is 3.57. The molecule has 2 heterocycles. The van der Waals surface area contributed by atoms with Crippen LogP contribution in [0.25, 0.3) is 0 Å². The summed E-state index contributed by atoms with van der Waals surface area (Å²) in [6.07, 6.45) is 7.20. The molecule has 104 valence electrons. The Morgan fingerprint density at radius 3 is 2.78 bits per heavy atom.